The van der Waals surface area contributed by atoms with E-state index < -0.39 is 10.0 Å². The summed E-state index contributed by atoms with van der Waals surface area (Å²) in [7, 11) is -1.86. The van der Waals surface area contributed by atoms with Gasteiger partial charge in [-0.25, -0.2) is 17.7 Å². The van der Waals surface area contributed by atoms with Crippen LogP contribution < -0.4 is 25.3 Å². The Labute approximate surface area is 281 Å². The predicted octanol–water partition coefficient (Wildman–Crippen LogP) is 8.49. The van der Waals surface area contributed by atoms with Crippen molar-refractivity contribution in [2.45, 2.75) is 11.8 Å². The molecule has 0 amide bonds. The average Bonchev–Trinajstić information content (AvgIpc) is 3.07. The molecular formula is C35H28N4O7S2. The van der Waals surface area contributed by atoms with Crippen molar-refractivity contribution in [2.75, 3.05) is 28.7 Å². The molecule has 0 unspecified atom stereocenters. The number of fused-ring (bicyclic) bond motifs is 2. The lowest BCUT2D eigenvalue weighted by Gasteiger charge is -2.14. The van der Waals surface area contributed by atoms with Gasteiger partial charge in [0.05, 0.1) is 60.6 Å². The van der Waals surface area contributed by atoms with E-state index in [1.54, 1.807) is 43.5 Å². The first-order chi connectivity index (χ1) is 23.1. The van der Waals surface area contributed by atoms with E-state index >= 15 is 0 Å². The van der Waals surface area contributed by atoms with Crippen molar-refractivity contribution in [2.24, 2.45) is 0 Å². The van der Waals surface area contributed by atoms with Gasteiger partial charge in [0.15, 0.2) is 5.69 Å². The summed E-state index contributed by atoms with van der Waals surface area (Å²) in [4.78, 5) is 4.14. The van der Waals surface area contributed by atoms with Gasteiger partial charge >= 0.3 is 11.2 Å². The van der Waals surface area contributed by atoms with Gasteiger partial charge in [0.25, 0.3) is 0 Å². The molecule has 0 atom stereocenters. The number of rotatable bonds is 11. The predicted molar refractivity (Wildman–Crippen MR) is 187 cm³/mol. The number of hydrogen-bond acceptors (Lipinski definition) is 9. The van der Waals surface area contributed by atoms with E-state index in [9.17, 15) is 13.7 Å². The lowest BCUT2D eigenvalue weighted by molar-refractivity contribution is -0.777. The van der Waals surface area contributed by atoms with Crippen LogP contribution in [-0.4, -0.2) is 21.8 Å². The molecule has 0 aliphatic carbocycles. The van der Waals surface area contributed by atoms with Gasteiger partial charge in [-0.2, -0.15) is 4.33 Å². The average molecular weight is 681 g/mol. The summed E-state index contributed by atoms with van der Waals surface area (Å²) < 4.78 is 42.6. The number of aryl methyl sites for hydroxylation is 1. The highest BCUT2D eigenvalue weighted by atomic mass is 32.2. The van der Waals surface area contributed by atoms with Crippen LogP contribution in [0.1, 0.15) is 5.56 Å². The maximum atomic E-state index is 11.7. The number of ether oxygens (including phenoxy) is 1. The zero-order chi connectivity index (χ0) is 33.8. The molecule has 11 nitrogen and oxygen atoms in total. The molecule has 242 valence electrons. The van der Waals surface area contributed by atoms with Crippen LogP contribution in [0.4, 0.5) is 34.1 Å². The van der Waals surface area contributed by atoms with E-state index in [1.165, 1.54) is 0 Å². The standard InChI is InChI=1S/C35H28N4O7S2/c1-21-17-25(39-48(4,41)42)12-15-29(21)37-23-9-13-26-31(19-23)44-32-20-24(38-30-16-11-22(36-2)18-33(30)43-3)10-14-27(32)35(26)28-7-5-6-8-34(28)47-46-45-40/h5-20,37-39H,1,3-4H3. The highest BCUT2D eigenvalue weighted by Gasteiger charge is 2.24. The molecule has 0 spiro atoms. The summed E-state index contributed by atoms with van der Waals surface area (Å²) in [6.07, 6.45) is 1.11. The fraction of sp³-hybridized carbons (Fsp3) is 0.0857. The molecule has 1 aromatic heterocycles. The molecule has 0 fully saturated rings. The van der Waals surface area contributed by atoms with Crippen molar-refractivity contribution in [1.82, 2.24) is 0 Å². The van der Waals surface area contributed by atoms with Crippen LogP contribution >= 0.6 is 12.0 Å². The number of hydrogen-bond donors (Lipinski definition) is 3. The highest BCUT2D eigenvalue weighted by Crippen LogP contribution is 2.43. The first kappa shape index (κ1) is 32.6. The Morgan fingerprint density at radius 1 is 0.833 bits per heavy atom. The van der Waals surface area contributed by atoms with Crippen molar-refractivity contribution >= 4 is 78.1 Å². The van der Waals surface area contributed by atoms with Gasteiger partial charge in [0, 0.05) is 33.2 Å². The minimum absolute atomic E-state index is 0.464. The third-order valence-corrected chi connectivity index (χ3v) is 8.70. The molecule has 0 aliphatic heterocycles. The van der Waals surface area contributed by atoms with Crippen molar-refractivity contribution in [3.8, 4) is 16.9 Å². The molecule has 0 bridgehead atoms. The minimum Gasteiger partial charge on any atom is -0.691 e. The molecule has 48 heavy (non-hydrogen) atoms. The summed E-state index contributed by atoms with van der Waals surface area (Å²) in [5, 5.41) is 22.8. The second-order valence-electron chi connectivity index (χ2n) is 10.8. The van der Waals surface area contributed by atoms with Crippen molar-refractivity contribution < 1.29 is 32.2 Å². The fourth-order valence-corrected chi connectivity index (χ4v) is 6.43. The monoisotopic (exact) mass is 680 g/mol. The second-order valence-corrected chi connectivity index (χ2v) is 13.3. The topological polar surface area (TPSA) is 137 Å². The van der Waals surface area contributed by atoms with Gasteiger partial charge < -0.3 is 20.6 Å². The largest absolute Gasteiger partial charge is 0.691 e. The summed E-state index contributed by atoms with van der Waals surface area (Å²) >= 11 is 0.814. The van der Waals surface area contributed by atoms with E-state index in [-0.39, 0.29) is 0 Å². The summed E-state index contributed by atoms with van der Waals surface area (Å²) in [5.74, 6) is 0.525. The molecule has 6 rings (SSSR count). The number of methoxy groups -OCH3 is 1. The quantitative estimate of drug-likeness (QED) is 0.0305. The number of benzene rings is 5. The Hall–Kier alpha value is -5.36. The lowest BCUT2D eigenvalue weighted by Crippen LogP contribution is -2.09. The Morgan fingerprint density at radius 3 is 2.10 bits per heavy atom. The van der Waals surface area contributed by atoms with Crippen molar-refractivity contribution in [3.05, 3.63) is 114 Å². The smallest absolute Gasteiger partial charge is 0.363 e. The van der Waals surface area contributed by atoms with E-state index in [2.05, 4.69) is 25.2 Å². The number of sulfonamides is 1. The fourth-order valence-electron chi connectivity index (χ4n) is 5.38. The molecule has 0 saturated carbocycles. The van der Waals surface area contributed by atoms with Crippen LogP contribution in [0.25, 0.3) is 37.9 Å². The molecule has 0 aliphatic rings. The summed E-state index contributed by atoms with van der Waals surface area (Å²) in [5.41, 5.74) is 7.51. The Kier molecular flexibility index (Phi) is 9.35. The SMILES string of the molecule is [C-]#[N+]c1ccc(Nc2ccc3c(-c4ccccc4SOO[O-])c4ccc(Nc5ccc(NS(C)(=O)=O)cc5C)cc4[o+]c3c2)c(OC)c1. The summed E-state index contributed by atoms with van der Waals surface area (Å²) in [6, 6.07) is 29.4. The van der Waals surface area contributed by atoms with E-state index in [0.29, 0.717) is 38.9 Å². The van der Waals surface area contributed by atoms with Gasteiger partial charge in [-0.05, 0) is 78.7 Å². The van der Waals surface area contributed by atoms with Crippen molar-refractivity contribution in [1.29, 1.82) is 0 Å². The highest BCUT2D eigenvalue weighted by molar-refractivity contribution is 7.94. The van der Waals surface area contributed by atoms with Crippen LogP contribution in [0.5, 0.6) is 5.75 Å². The third kappa shape index (κ3) is 7.13. The molecule has 3 N–H and O–H groups in total. The molecule has 0 radical (unpaired) electrons. The van der Waals surface area contributed by atoms with Crippen LogP contribution in [0.2, 0.25) is 0 Å². The first-order valence-electron chi connectivity index (χ1n) is 14.4. The van der Waals surface area contributed by atoms with Gasteiger partial charge in [-0.3, -0.25) is 9.76 Å². The zero-order valence-electron chi connectivity index (χ0n) is 25.9. The van der Waals surface area contributed by atoms with Crippen LogP contribution in [0.15, 0.2) is 106 Å². The second kappa shape index (κ2) is 13.8. The lowest BCUT2D eigenvalue weighted by atomic mass is 9.96. The number of nitrogens with one attached hydrogen (secondary N) is 3. The van der Waals surface area contributed by atoms with Crippen LogP contribution in [0.3, 0.4) is 0 Å². The van der Waals surface area contributed by atoms with Crippen molar-refractivity contribution in [3.63, 3.8) is 0 Å². The molecule has 0 saturated heterocycles. The normalized spacial score (nSPS) is 11.3. The van der Waals surface area contributed by atoms with Crippen LogP contribution in [0, 0.1) is 13.5 Å². The van der Waals surface area contributed by atoms with E-state index in [1.807, 2.05) is 67.6 Å². The van der Waals surface area contributed by atoms with E-state index in [0.717, 1.165) is 62.8 Å². The Bertz CT molecular complexity index is 2330. The van der Waals surface area contributed by atoms with Gasteiger partial charge in [-0.1, -0.05) is 24.3 Å². The van der Waals surface area contributed by atoms with E-state index in [4.69, 9.17) is 20.1 Å². The third-order valence-electron chi connectivity index (χ3n) is 7.43. The maximum absolute atomic E-state index is 11.7. The molecule has 13 heteroatoms. The first-order valence-corrected chi connectivity index (χ1v) is 17.0. The molecule has 5 aromatic carbocycles. The maximum Gasteiger partial charge on any atom is 0.363 e. The number of nitrogens with zero attached hydrogens (tertiary/aromatic N) is 1. The Balaban J connectivity index is 1.47. The van der Waals surface area contributed by atoms with Crippen LogP contribution in [-0.2, 0) is 19.4 Å². The Morgan fingerprint density at radius 2 is 1.48 bits per heavy atom. The summed E-state index contributed by atoms with van der Waals surface area (Å²) in [6.45, 7) is 9.19. The zero-order valence-corrected chi connectivity index (χ0v) is 27.5. The van der Waals surface area contributed by atoms with Gasteiger partial charge in [-0.15, -0.1) is 0 Å². The molecule has 6 aromatic rings. The number of anilines is 5. The molecular weight excluding hydrogens is 653 g/mol. The van der Waals surface area contributed by atoms with Gasteiger partial charge in [0.1, 0.15) is 5.75 Å². The molecule has 1 heterocycles. The van der Waals surface area contributed by atoms with Gasteiger partial charge in [0.2, 0.25) is 10.0 Å². The minimum atomic E-state index is -3.41.